The summed E-state index contributed by atoms with van der Waals surface area (Å²) in [5.74, 6) is 0.0300. The fourth-order valence-electron chi connectivity index (χ4n) is 2.47. The van der Waals surface area contributed by atoms with E-state index in [1.807, 2.05) is 23.3 Å². The summed E-state index contributed by atoms with van der Waals surface area (Å²) in [5, 5.41) is 3.86. The van der Waals surface area contributed by atoms with E-state index in [0.29, 0.717) is 10.6 Å². The maximum Gasteiger partial charge on any atom is 0.255 e. The molecule has 19 heavy (non-hydrogen) atoms. The molecular formula is C14H19ClN2OS. The molecule has 1 aromatic rings. The van der Waals surface area contributed by atoms with Crippen molar-refractivity contribution in [2.75, 3.05) is 19.3 Å². The number of hydrogen-bond donors (Lipinski definition) is 1. The van der Waals surface area contributed by atoms with E-state index in [1.165, 1.54) is 0 Å². The number of carbonyl (C=O) groups excluding carboxylic acids is 1. The molecule has 1 saturated heterocycles. The Bertz CT molecular complexity index is 471. The number of thioether (sulfide) groups is 1. The van der Waals surface area contributed by atoms with Crippen LogP contribution in [0.3, 0.4) is 0 Å². The number of piperazine rings is 1. The van der Waals surface area contributed by atoms with Gasteiger partial charge in [-0.25, -0.2) is 0 Å². The number of rotatable bonds is 2. The first-order valence-electron chi connectivity index (χ1n) is 6.41. The lowest BCUT2D eigenvalue weighted by atomic mass is 10.1. The first-order chi connectivity index (χ1) is 9.04. The van der Waals surface area contributed by atoms with Crippen LogP contribution in [-0.4, -0.2) is 42.2 Å². The highest BCUT2D eigenvalue weighted by Gasteiger charge is 2.30. The summed E-state index contributed by atoms with van der Waals surface area (Å²) in [6.45, 7) is 5.78. The van der Waals surface area contributed by atoms with Crippen molar-refractivity contribution >= 4 is 29.3 Å². The number of nitrogens with zero attached hydrogens (tertiary/aromatic N) is 1. The highest BCUT2D eigenvalue weighted by molar-refractivity contribution is 7.98. The van der Waals surface area contributed by atoms with Crippen molar-refractivity contribution in [2.24, 2.45) is 0 Å². The second kappa shape index (κ2) is 6.16. The average Bonchev–Trinajstić information content (AvgIpc) is 2.39. The topological polar surface area (TPSA) is 32.3 Å². The third-order valence-electron chi connectivity index (χ3n) is 3.47. The third kappa shape index (κ3) is 3.07. The van der Waals surface area contributed by atoms with E-state index in [0.717, 1.165) is 18.0 Å². The molecule has 2 atom stereocenters. The van der Waals surface area contributed by atoms with Crippen molar-refractivity contribution in [1.82, 2.24) is 10.2 Å². The van der Waals surface area contributed by atoms with Crippen LogP contribution in [0.1, 0.15) is 24.2 Å². The molecule has 0 aliphatic carbocycles. The second-order valence-corrected chi connectivity index (χ2v) is 6.20. The first kappa shape index (κ1) is 14.7. The van der Waals surface area contributed by atoms with Crippen molar-refractivity contribution in [2.45, 2.75) is 30.8 Å². The number of halogens is 1. The van der Waals surface area contributed by atoms with Crippen molar-refractivity contribution in [3.63, 3.8) is 0 Å². The van der Waals surface area contributed by atoms with E-state index in [-0.39, 0.29) is 18.0 Å². The Morgan fingerprint density at radius 1 is 1.37 bits per heavy atom. The second-order valence-electron chi connectivity index (χ2n) is 4.91. The Balaban J connectivity index is 2.32. The number of nitrogens with one attached hydrogen (secondary N) is 1. The fraction of sp³-hybridized carbons (Fsp3) is 0.500. The molecule has 1 aromatic carbocycles. The van der Waals surface area contributed by atoms with Crippen molar-refractivity contribution in [3.05, 3.63) is 28.8 Å². The van der Waals surface area contributed by atoms with Gasteiger partial charge in [-0.15, -0.1) is 11.8 Å². The van der Waals surface area contributed by atoms with Crippen LogP contribution in [0.5, 0.6) is 0 Å². The molecule has 1 N–H and O–H groups in total. The molecule has 1 heterocycles. The predicted molar refractivity (Wildman–Crippen MR) is 81.2 cm³/mol. The Morgan fingerprint density at radius 2 is 2.00 bits per heavy atom. The predicted octanol–water partition coefficient (Wildman–Crippen LogP) is 2.88. The van der Waals surface area contributed by atoms with Crippen molar-refractivity contribution in [1.29, 1.82) is 0 Å². The lowest BCUT2D eigenvalue weighted by molar-refractivity contribution is 0.0544. The molecule has 0 saturated carbocycles. The lowest BCUT2D eigenvalue weighted by Gasteiger charge is -2.39. The number of carbonyl (C=O) groups is 1. The zero-order chi connectivity index (χ0) is 14.0. The summed E-state index contributed by atoms with van der Waals surface area (Å²) in [6.07, 6.45) is 1.99. The van der Waals surface area contributed by atoms with Crippen LogP contribution in [0.25, 0.3) is 0 Å². The number of benzene rings is 1. The van der Waals surface area contributed by atoms with Gasteiger partial charge in [0.2, 0.25) is 0 Å². The third-order valence-corrected chi connectivity index (χ3v) is 4.52. The van der Waals surface area contributed by atoms with Crippen LogP contribution in [0.15, 0.2) is 23.1 Å². The van der Waals surface area contributed by atoms with E-state index in [1.54, 1.807) is 17.8 Å². The maximum absolute atomic E-state index is 12.7. The first-order valence-corrected chi connectivity index (χ1v) is 8.01. The van der Waals surface area contributed by atoms with E-state index in [2.05, 4.69) is 19.2 Å². The number of amides is 1. The van der Waals surface area contributed by atoms with Crippen LogP contribution in [0.4, 0.5) is 0 Å². The molecule has 3 nitrogen and oxygen atoms in total. The molecule has 1 aliphatic rings. The highest BCUT2D eigenvalue weighted by Crippen LogP contribution is 2.26. The molecule has 2 rings (SSSR count). The van der Waals surface area contributed by atoms with Gasteiger partial charge in [0.25, 0.3) is 5.91 Å². The van der Waals surface area contributed by atoms with Crippen LogP contribution >= 0.6 is 23.4 Å². The standard InChI is InChI=1S/C14H19ClN2OS/c1-9-7-16-8-10(2)17(9)14(18)12-6-11(19-3)4-5-13(12)15/h4-6,9-10,16H,7-8H2,1-3H3. The van der Waals surface area contributed by atoms with Gasteiger partial charge in [-0.3, -0.25) is 4.79 Å². The highest BCUT2D eigenvalue weighted by atomic mass is 35.5. The molecule has 1 amide bonds. The molecule has 0 bridgehead atoms. The largest absolute Gasteiger partial charge is 0.331 e. The summed E-state index contributed by atoms with van der Waals surface area (Å²) in [6, 6.07) is 6.00. The molecule has 104 valence electrons. The summed E-state index contributed by atoms with van der Waals surface area (Å²) >= 11 is 7.81. The minimum atomic E-state index is 0.0300. The molecule has 5 heteroatoms. The van der Waals surface area contributed by atoms with Crippen LogP contribution in [0.2, 0.25) is 5.02 Å². The summed E-state index contributed by atoms with van der Waals surface area (Å²) in [7, 11) is 0. The monoisotopic (exact) mass is 298 g/mol. The Labute approximate surface area is 123 Å². The van der Waals surface area contributed by atoms with Gasteiger partial charge in [0, 0.05) is 30.1 Å². The molecule has 1 aliphatic heterocycles. The van der Waals surface area contributed by atoms with Gasteiger partial charge in [-0.1, -0.05) is 11.6 Å². The summed E-state index contributed by atoms with van der Waals surface area (Å²) in [5.41, 5.74) is 0.606. The van der Waals surface area contributed by atoms with Gasteiger partial charge in [-0.2, -0.15) is 0 Å². The Morgan fingerprint density at radius 3 is 2.58 bits per heavy atom. The maximum atomic E-state index is 12.7. The SMILES string of the molecule is CSc1ccc(Cl)c(C(=O)N2C(C)CNCC2C)c1. The van der Waals surface area contributed by atoms with Crippen LogP contribution in [-0.2, 0) is 0 Å². The molecule has 0 radical (unpaired) electrons. The lowest BCUT2D eigenvalue weighted by Crippen LogP contribution is -2.57. The van der Waals surface area contributed by atoms with Gasteiger partial charge in [0.05, 0.1) is 10.6 Å². The van der Waals surface area contributed by atoms with E-state index < -0.39 is 0 Å². The molecular weight excluding hydrogens is 280 g/mol. The molecule has 2 unspecified atom stereocenters. The zero-order valence-electron chi connectivity index (χ0n) is 11.4. The van der Waals surface area contributed by atoms with E-state index in [9.17, 15) is 4.79 Å². The van der Waals surface area contributed by atoms with Gasteiger partial charge >= 0.3 is 0 Å². The van der Waals surface area contributed by atoms with Gasteiger partial charge in [-0.05, 0) is 38.3 Å². The van der Waals surface area contributed by atoms with Crippen molar-refractivity contribution in [3.8, 4) is 0 Å². The Hall–Kier alpha value is -0.710. The molecule has 0 spiro atoms. The average molecular weight is 299 g/mol. The van der Waals surface area contributed by atoms with Gasteiger partial charge in [0.15, 0.2) is 0 Å². The van der Waals surface area contributed by atoms with Gasteiger partial charge in [0.1, 0.15) is 0 Å². The Kier molecular flexibility index (Phi) is 4.76. The van der Waals surface area contributed by atoms with Crippen molar-refractivity contribution < 1.29 is 4.79 Å². The fourth-order valence-corrected chi connectivity index (χ4v) is 3.11. The minimum absolute atomic E-state index is 0.0300. The molecule has 0 aromatic heterocycles. The quantitative estimate of drug-likeness (QED) is 0.852. The van der Waals surface area contributed by atoms with E-state index >= 15 is 0 Å². The van der Waals surface area contributed by atoms with Crippen LogP contribution < -0.4 is 5.32 Å². The van der Waals surface area contributed by atoms with Crippen LogP contribution in [0, 0.1) is 0 Å². The normalized spacial score (nSPS) is 23.5. The minimum Gasteiger partial charge on any atom is -0.331 e. The van der Waals surface area contributed by atoms with Gasteiger partial charge < -0.3 is 10.2 Å². The van der Waals surface area contributed by atoms with E-state index in [4.69, 9.17) is 11.6 Å². The smallest absolute Gasteiger partial charge is 0.255 e. The number of hydrogen-bond acceptors (Lipinski definition) is 3. The summed E-state index contributed by atoms with van der Waals surface area (Å²) < 4.78 is 0. The molecule has 1 fully saturated rings. The zero-order valence-corrected chi connectivity index (χ0v) is 13.0. The summed E-state index contributed by atoms with van der Waals surface area (Å²) in [4.78, 5) is 15.7.